The number of ether oxygens (including phenoxy) is 1. The van der Waals surface area contributed by atoms with E-state index in [-0.39, 0.29) is 12.3 Å². The Labute approximate surface area is 90.2 Å². The van der Waals surface area contributed by atoms with Gasteiger partial charge in [-0.1, -0.05) is 22.0 Å². The molecule has 0 radical (unpaired) electrons. The van der Waals surface area contributed by atoms with Gasteiger partial charge in [-0.3, -0.25) is 10.1 Å². The number of benzene rings is 1. The quantitative estimate of drug-likeness (QED) is 0.617. The average molecular weight is 260 g/mol. The standard InChI is InChI=1S/C9H10BrNO3/c1-2-14-6-7-8(10)4-3-5-9(7)11(12)13/h3-5H,2,6H2,1H3. The SMILES string of the molecule is CCOCc1c(Br)cccc1[N+](=O)[O-]. The fourth-order valence-electron chi connectivity index (χ4n) is 1.07. The molecule has 1 aromatic carbocycles. The second-order valence-electron chi connectivity index (χ2n) is 2.63. The van der Waals surface area contributed by atoms with Crippen LogP contribution in [0.3, 0.4) is 0 Å². The molecule has 0 atom stereocenters. The summed E-state index contributed by atoms with van der Waals surface area (Å²) >= 11 is 3.26. The Morgan fingerprint density at radius 1 is 1.57 bits per heavy atom. The minimum atomic E-state index is -0.404. The second-order valence-corrected chi connectivity index (χ2v) is 3.49. The molecule has 0 unspecified atom stereocenters. The van der Waals surface area contributed by atoms with Gasteiger partial charge >= 0.3 is 0 Å². The molecular weight excluding hydrogens is 250 g/mol. The molecule has 0 aliphatic heterocycles. The maximum absolute atomic E-state index is 10.7. The number of hydrogen-bond donors (Lipinski definition) is 0. The number of halogens is 1. The molecule has 0 fully saturated rings. The fraction of sp³-hybridized carbons (Fsp3) is 0.333. The summed E-state index contributed by atoms with van der Waals surface area (Å²) in [4.78, 5) is 10.3. The van der Waals surface area contributed by atoms with E-state index in [0.29, 0.717) is 16.6 Å². The Hall–Kier alpha value is -0.940. The molecule has 0 N–H and O–H groups in total. The Bertz CT molecular complexity index is 341. The van der Waals surface area contributed by atoms with Crippen molar-refractivity contribution < 1.29 is 9.66 Å². The third-order valence-electron chi connectivity index (χ3n) is 1.74. The van der Waals surface area contributed by atoms with Gasteiger partial charge in [-0.15, -0.1) is 0 Å². The summed E-state index contributed by atoms with van der Waals surface area (Å²) in [5.74, 6) is 0. The molecule has 0 bridgehead atoms. The number of nitrogens with zero attached hydrogens (tertiary/aromatic N) is 1. The van der Waals surface area contributed by atoms with Crippen molar-refractivity contribution in [3.63, 3.8) is 0 Å². The lowest BCUT2D eigenvalue weighted by Crippen LogP contribution is -1.99. The Kier molecular flexibility index (Phi) is 4.03. The van der Waals surface area contributed by atoms with Crippen LogP contribution in [0.2, 0.25) is 0 Å². The predicted molar refractivity (Wildman–Crippen MR) is 56.1 cm³/mol. The zero-order valence-electron chi connectivity index (χ0n) is 7.70. The molecule has 0 saturated heterocycles. The Morgan fingerprint density at radius 3 is 2.86 bits per heavy atom. The van der Waals surface area contributed by atoms with Gasteiger partial charge in [0.25, 0.3) is 5.69 Å². The van der Waals surface area contributed by atoms with E-state index in [1.807, 2.05) is 6.92 Å². The highest BCUT2D eigenvalue weighted by Gasteiger charge is 2.15. The predicted octanol–water partition coefficient (Wildman–Crippen LogP) is 2.89. The Morgan fingerprint density at radius 2 is 2.29 bits per heavy atom. The Balaban J connectivity index is 3.02. The van der Waals surface area contributed by atoms with Crippen LogP contribution < -0.4 is 0 Å². The zero-order valence-corrected chi connectivity index (χ0v) is 9.28. The van der Waals surface area contributed by atoms with Crippen LogP contribution in [0.15, 0.2) is 22.7 Å². The number of nitro benzene ring substituents is 1. The second kappa shape index (κ2) is 5.07. The monoisotopic (exact) mass is 259 g/mol. The van der Waals surface area contributed by atoms with Crippen LogP contribution in [0.1, 0.15) is 12.5 Å². The molecule has 0 heterocycles. The van der Waals surface area contributed by atoms with Crippen LogP contribution in [0.4, 0.5) is 5.69 Å². The van der Waals surface area contributed by atoms with Crippen LogP contribution >= 0.6 is 15.9 Å². The molecule has 14 heavy (non-hydrogen) atoms. The van der Waals surface area contributed by atoms with Crippen LogP contribution in [-0.4, -0.2) is 11.5 Å². The molecule has 0 saturated carbocycles. The minimum absolute atomic E-state index is 0.0906. The summed E-state index contributed by atoms with van der Waals surface area (Å²) in [6.07, 6.45) is 0. The van der Waals surface area contributed by atoms with Gasteiger partial charge in [0.1, 0.15) is 0 Å². The van der Waals surface area contributed by atoms with E-state index in [1.54, 1.807) is 12.1 Å². The zero-order chi connectivity index (χ0) is 10.6. The number of nitro groups is 1. The van der Waals surface area contributed by atoms with Gasteiger partial charge in [-0.2, -0.15) is 0 Å². The van der Waals surface area contributed by atoms with E-state index in [4.69, 9.17) is 4.74 Å². The van der Waals surface area contributed by atoms with E-state index in [2.05, 4.69) is 15.9 Å². The number of rotatable bonds is 4. The van der Waals surface area contributed by atoms with Crippen molar-refractivity contribution in [2.75, 3.05) is 6.61 Å². The highest BCUT2D eigenvalue weighted by Crippen LogP contribution is 2.27. The molecule has 76 valence electrons. The molecule has 1 aromatic rings. The fourth-order valence-corrected chi connectivity index (χ4v) is 1.54. The molecule has 0 aromatic heterocycles. The van der Waals surface area contributed by atoms with Gasteiger partial charge in [-0.25, -0.2) is 0 Å². The summed E-state index contributed by atoms with van der Waals surface area (Å²) in [7, 11) is 0. The normalized spacial score (nSPS) is 10.1. The van der Waals surface area contributed by atoms with E-state index in [9.17, 15) is 10.1 Å². The first-order valence-electron chi connectivity index (χ1n) is 4.16. The highest BCUT2D eigenvalue weighted by molar-refractivity contribution is 9.10. The van der Waals surface area contributed by atoms with Crippen LogP contribution in [0.25, 0.3) is 0 Å². The first-order chi connectivity index (χ1) is 6.66. The third-order valence-corrected chi connectivity index (χ3v) is 2.48. The smallest absolute Gasteiger partial charge is 0.276 e. The van der Waals surface area contributed by atoms with E-state index in [0.717, 1.165) is 0 Å². The van der Waals surface area contributed by atoms with Crippen molar-refractivity contribution in [3.8, 4) is 0 Å². The average Bonchev–Trinajstić information content (AvgIpc) is 2.15. The van der Waals surface area contributed by atoms with Gasteiger partial charge < -0.3 is 4.74 Å². The molecule has 0 amide bonds. The van der Waals surface area contributed by atoms with Gasteiger partial charge in [0.2, 0.25) is 0 Å². The molecule has 0 aliphatic rings. The summed E-state index contributed by atoms with van der Waals surface area (Å²) in [6, 6.07) is 4.87. The van der Waals surface area contributed by atoms with Crippen molar-refractivity contribution in [3.05, 3.63) is 38.3 Å². The summed E-state index contributed by atoms with van der Waals surface area (Å²) in [5, 5.41) is 10.7. The van der Waals surface area contributed by atoms with Crippen molar-refractivity contribution in [2.45, 2.75) is 13.5 Å². The van der Waals surface area contributed by atoms with Gasteiger partial charge in [0.05, 0.1) is 17.1 Å². The van der Waals surface area contributed by atoms with E-state index >= 15 is 0 Å². The maximum Gasteiger partial charge on any atom is 0.276 e. The summed E-state index contributed by atoms with van der Waals surface area (Å²) in [6.45, 7) is 2.65. The van der Waals surface area contributed by atoms with Crippen LogP contribution in [0, 0.1) is 10.1 Å². The molecule has 0 spiro atoms. The molecular formula is C9H10BrNO3. The van der Waals surface area contributed by atoms with Gasteiger partial charge in [0, 0.05) is 17.1 Å². The summed E-state index contributed by atoms with van der Waals surface area (Å²) < 4.78 is 5.87. The lowest BCUT2D eigenvalue weighted by molar-refractivity contribution is -0.386. The lowest BCUT2D eigenvalue weighted by Gasteiger charge is -2.04. The maximum atomic E-state index is 10.7. The highest BCUT2D eigenvalue weighted by atomic mass is 79.9. The summed E-state index contributed by atoms with van der Waals surface area (Å²) in [5.41, 5.74) is 0.673. The van der Waals surface area contributed by atoms with Crippen molar-refractivity contribution >= 4 is 21.6 Å². The lowest BCUT2D eigenvalue weighted by atomic mass is 10.2. The first kappa shape index (κ1) is 11.1. The van der Waals surface area contributed by atoms with E-state index in [1.165, 1.54) is 6.07 Å². The van der Waals surface area contributed by atoms with Gasteiger partial charge in [0.15, 0.2) is 0 Å². The minimum Gasteiger partial charge on any atom is -0.377 e. The molecule has 5 heteroatoms. The van der Waals surface area contributed by atoms with Gasteiger partial charge in [-0.05, 0) is 13.0 Å². The van der Waals surface area contributed by atoms with Crippen molar-refractivity contribution in [1.82, 2.24) is 0 Å². The van der Waals surface area contributed by atoms with Crippen molar-refractivity contribution in [1.29, 1.82) is 0 Å². The number of hydrogen-bond acceptors (Lipinski definition) is 3. The van der Waals surface area contributed by atoms with Crippen LogP contribution in [0.5, 0.6) is 0 Å². The molecule has 1 rings (SSSR count). The molecule has 0 aliphatic carbocycles. The first-order valence-corrected chi connectivity index (χ1v) is 4.95. The van der Waals surface area contributed by atoms with Crippen LogP contribution in [-0.2, 0) is 11.3 Å². The van der Waals surface area contributed by atoms with E-state index < -0.39 is 4.92 Å². The van der Waals surface area contributed by atoms with Crippen molar-refractivity contribution in [2.24, 2.45) is 0 Å². The molecule has 4 nitrogen and oxygen atoms in total. The topological polar surface area (TPSA) is 52.4 Å². The largest absolute Gasteiger partial charge is 0.377 e. The third kappa shape index (κ3) is 2.52.